The minimum Gasteiger partial charge on any atom is -0.481 e. The fourth-order valence-corrected chi connectivity index (χ4v) is 2.01. The number of carboxylic acids is 1. The molecule has 0 aromatic rings. The summed E-state index contributed by atoms with van der Waals surface area (Å²) in [7, 11) is 0. The van der Waals surface area contributed by atoms with E-state index in [2.05, 4.69) is 12.2 Å². The van der Waals surface area contributed by atoms with Crippen molar-refractivity contribution in [3.05, 3.63) is 11.6 Å². The summed E-state index contributed by atoms with van der Waals surface area (Å²) in [4.78, 5) is 24.4. The van der Waals surface area contributed by atoms with Crippen LogP contribution in [-0.4, -0.2) is 41.1 Å². The molecule has 0 radical (unpaired) electrons. The van der Waals surface area contributed by atoms with E-state index in [9.17, 15) is 9.59 Å². The first kappa shape index (κ1) is 14.5. The Bertz CT molecular complexity index is 339. The van der Waals surface area contributed by atoms with Crippen LogP contribution >= 0.6 is 0 Å². The van der Waals surface area contributed by atoms with Crippen molar-refractivity contribution in [1.29, 1.82) is 0 Å². The number of amides is 2. The molecule has 0 aromatic heterocycles. The van der Waals surface area contributed by atoms with Gasteiger partial charge in [0.25, 0.3) is 0 Å². The SMILES string of the molecule is CCCC(CC(=O)O)NC(=O)N1CC=C(C)CC1. The lowest BCUT2D eigenvalue weighted by atomic mass is 10.1. The van der Waals surface area contributed by atoms with Crippen molar-refractivity contribution in [3.63, 3.8) is 0 Å². The fourth-order valence-electron chi connectivity index (χ4n) is 2.01. The van der Waals surface area contributed by atoms with Crippen LogP contribution < -0.4 is 5.32 Å². The molecule has 1 atom stereocenters. The first-order valence-corrected chi connectivity index (χ1v) is 6.45. The van der Waals surface area contributed by atoms with Gasteiger partial charge in [0, 0.05) is 19.1 Å². The van der Waals surface area contributed by atoms with Gasteiger partial charge in [-0.1, -0.05) is 25.0 Å². The van der Waals surface area contributed by atoms with E-state index in [-0.39, 0.29) is 18.5 Å². The van der Waals surface area contributed by atoms with Gasteiger partial charge in [-0.15, -0.1) is 0 Å². The Labute approximate surface area is 108 Å². The number of carbonyl (C=O) groups excluding carboxylic acids is 1. The molecule has 2 N–H and O–H groups in total. The number of urea groups is 1. The Balaban J connectivity index is 2.47. The number of hydrogen-bond acceptors (Lipinski definition) is 2. The van der Waals surface area contributed by atoms with Crippen molar-refractivity contribution < 1.29 is 14.7 Å². The smallest absolute Gasteiger partial charge is 0.317 e. The molecule has 1 unspecified atom stereocenters. The average molecular weight is 254 g/mol. The highest BCUT2D eigenvalue weighted by Gasteiger charge is 2.20. The molecule has 1 heterocycles. The Kier molecular flexibility index (Phi) is 5.68. The molecule has 1 aliphatic rings. The summed E-state index contributed by atoms with van der Waals surface area (Å²) < 4.78 is 0. The average Bonchev–Trinajstić information content (AvgIpc) is 2.29. The van der Waals surface area contributed by atoms with Gasteiger partial charge in [-0.25, -0.2) is 4.79 Å². The number of nitrogens with one attached hydrogen (secondary N) is 1. The Morgan fingerprint density at radius 3 is 2.78 bits per heavy atom. The normalized spacial score (nSPS) is 17.0. The second-order valence-corrected chi connectivity index (χ2v) is 4.78. The molecule has 5 heteroatoms. The number of rotatable bonds is 5. The summed E-state index contributed by atoms with van der Waals surface area (Å²) in [6.45, 7) is 5.36. The van der Waals surface area contributed by atoms with Crippen molar-refractivity contribution in [3.8, 4) is 0 Å². The van der Waals surface area contributed by atoms with Gasteiger partial charge in [-0.2, -0.15) is 0 Å². The van der Waals surface area contributed by atoms with Gasteiger partial charge in [0.2, 0.25) is 0 Å². The number of carboxylic acid groups (broad SMARTS) is 1. The quantitative estimate of drug-likeness (QED) is 0.737. The van der Waals surface area contributed by atoms with E-state index < -0.39 is 5.97 Å². The van der Waals surface area contributed by atoms with Crippen molar-refractivity contribution in [2.45, 2.75) is 45.6 Å². The predicted octanol–water partition coefficient (Wildman–Crippen LogP) is 1.99. The molecule has 1 rings (SSSR count). The number of hydrogen-bond donors (Lipinski definition) is 2. The molecule has 5 nitrogen and oxygen atoms in total. The van der Waals surface area contributed by atoms with Gasteiger partial charge >= 0.3 is 12.0 Å². The maximum absolute atomic E-state index is 12.0. The zero-order valence-electron chi connectivity index (χ0n) is 11.1. The van der Waals surface area contributed by atoms with Crippen LogP contribution in [0.5, 0.6) is 0 Å². The topological polar surface area (TPSA) is 69.6 Å². The highest BCUT2D eigenvalue weighted by molar-refractivity contribution is 5.76. The summed E-state index contributed by atoms with van der Waals surface area (Å²) in [5.41, 5.74) is 1.30. The first-order valence-electron chi connectivity index (χ1n) is 6.45. The molecule has 102 valence electrons. The van der Waals surface area contributed by atoms with Crippen LogP contribution in [0.4, 0.5) is 4.79 Å². The second-order valence-electron chi connectivity index (χ2n) is 4.78. The molecule has 0 fully saturated rings. The number of aliphatic carboxylic acids is 1. The van der Waals surface area contributed by atoms with Crippen LogP contribution in [0.25, 0.3) is 0 Å². The molecule has 0 aliphatic carbocycles. The van der Waals surface area contributed by atoms with Gasteiger partial charge in [0.05, 0.1) is 6.42 Å². The van der Waals surface area contributed by atoms with Crippen LogP contribution in [0.2, 0.25) is 0 Å². The van der Waals surface area contributed by atoms with Gasteiger partial charge in [-0.05, 0) is 19.8 Å². The van der Waals surface area contributed by atoms with Crippen molar-refractivity contribution in [1.82, 2.24) is 10.2 Å². The highest BCUT2D eigenvalue weighted by atomic mass is 16.4. The van der Waals surface area contributed by atoms with Crippen LogP contribution in [0.15, 0.2) is 11.6 Å². The third-order valence-corrected chi connectivity index (χ3v) is 3.11. The summed E-state index contributed by atoms with van der Waals surface area (Å²) >= 11 is 0. The lowest BCUT2D eigenvalue weighted by molar-refractivity contribution is -0.137. The standard InChI is InChI=1S/C13H22N2O3/c1-3-4-11(9-12(16)17)14-13(18)15-7-5-10(2)6-8-15/h5,11H,3-4,6-9H2,1-2H3,(H,14,18)(H,16,17). The molecule has 2 amide bonds. The van der Waals surface area contributed by atoms with E-state index in [0.717, 1.165) is 12.8 Å². The number of nitrogens with zero attached hydrogens (tertiary/aromatic N) is 1. The summed E-state index contributed by atoms with van der Waals surface area (Å²) in [5, 5.41) is 11.6. The minimum atomic E-state index is -0.872. The zero-order chi connectivity index (χ0) is 13.5. The van der Waals surface area contributed by atoms with E-state index in [0.29, 0.717) is 19.5 Å². The van der Waals surface area contributed by atoms with Crippen LogP contribution in [0.1, 0.15) is 39.5 Å². The highest BCUT2D eigenvalue weighted by Crippen LogP contribution is 2.10. The fraction of sp³-hybridized carbons (Fsp3) is 0.692. The third kappa shape index (κ3) is 4.77. The molecule has 18 heavy (non-hydrogen) atoms. The third-order valence-electron chi connectivity index (χ3n) is 3.11. The van der Waals surface area contributed by atoms with Crippen molar-refractivity contribution in [2.75, 3.05) is 13.1 Å². The van der Waals surface area contributed by atoms with E-state index >= 15 is 0 Å². The maximum atomic E-state index is 12.0. The molecule has 1 aliphatic heterocycles. The molecule has 0 saturated heterocycles. The minimum absolute atomic E-state index is 0.0116. The van der Waals surface area contributed by atoms with Crippen LogP contribution in [0.3, 0.4) is 0 Å². The monoisotopic (exact) mass is 254 g/mol. The van der Waals surface area contributed by atoms with Crippen molar-refractivity contribution in [2.24, 2.45) is 0 Å². The Morgan fingerprint density at radius 1 is 1.56 bits per heavy atom. The summed E-state index contributed by atoms with van der Waals surface area (Å²) in [6.07, 6.45) is 4.47. The number of carbonyl (C=O) groups is 2. The van der Waals surface area contributed by atoms with E-state index in [1.807, 2.05) is 13.0 Å². The van der Waals surface area contributed by atoms with Gasteiger partial charge in [0.1, 0.15) is 0 Å². The first-order chi connectivity index (χ1) is 8.52. The van der Waals surface area contributed by atoms with E-state index in [1.165, 1.54) is 5.57 Å². The lowest BCUT2D eigenvalue weighted by Gasteiger charge is -2.28. The van der Waals surface area contributed by atoms with Crippen LogP contribution in [0, 0.1) is 0 Å². The van der Waals surface area contributed by atoms with E-state index in [1.54, 1.807) is 4.90 Å². The second kappa shape index (κ2) is 7.03. The van der Waals surface area contributed by atoms with Gasteiger partial charge in [0.15, 0.2) is 0 Å². The predicted molar refractivity (Wildman–Crippen MR) is 69.4 cm³/mol. The lowest BCUT2D eigenvalue weighted by Crippen LogP contribution is -2.46. The molecule has 0 spiro atoms. The van der Waals surface area contributed by atoms with E-state index in [4.69, 9.17) is 5.11 Å². The summed E-state index contributed by atoms with van der Waals surface area (Å²) in [5.74, 6) is -0.872. The van der Waals surface area contributed by atoms with Crippen molar-refractivity contribution >= 4 is 12.0 Å². The van der Waals surface area contributed by atoms with Gasteiger partial charge in [-0.3, -0.25) is 4.79 Å². The van der Waals surface area contributed by atoms with Gasteiger partial charge < -0.3 is 15.3 Å². The maximum Gasteiger partial charge on any atom is 0.317 e. The largest absolute Gasteiger partial charge is 0.481 e. The molecular formula is C13H22N2O3. The Morgan fingerprint density at radius 2 is 2.28 bits per heavy atom. The summed E-state index contributed by atoms with van der Waals surface area (Å²) in [6, 6.07) is -0.426. The zero-order valence-corrected chi connectivity index (χ0v) is 11.1. The Hall–Kier alpha value is -1.52. The van der Waals surface area contributed by atoms with Crippen LogP contribution in [-0.2, 0) is 4.79 Å². The molecule has 0 bridgehead atoms. The molecular weight excluding hydrogens is 232 g/mol. The molecule has 0 aromatic carbocycles. The molecule has 0 saturated carbocycles.